The third-order valence-electron chi connectivity index (χ3n) is 2.70. The molecule has 1 aromatic heterocycles. The first-order chi connectivity index (χ1) is 7.37. The van der Waals surface area contributed by atoms with Crippen molar-refractivity contribution in [1.82, 2.24) is 19.2 Å². The van der Waals surface area contributed by atoms with Gasteiger partial charge in [0.25, 0.3) is 0 Å². The first-order valence-corrected chi connectivity index (χ1v) is 5.44. The summed E-state index contributed by atoms with van der Waals surface area (Å²) in [6, 6.07) is 0. The van der Waals surface area contributed by atoms with Crippen molar-refractivity contribution in [2.75, 3.05) is 13.1 Å². The Morgan fingerprint density at radius 2 is 2.12 bits per heavy atom. The molecule has 2 rings (SSSR count). The normalized spacial score (nSPS) is 17.5. The van der Waals surface area contributed by atoms with Gasteiger partial charge >= 0.3 is 5.69 Å². The summed E-state index contributed by atoms with van der Waals surface area (Å²) in [5, 5.41) is 13.9. The van der Waals surface area contributed by atoms with E-state index in [2.05, 4.69) is 10.00 Å². The Bertz CT molecular complexity index is 441. The predicted octanol–water partition coefficient (Wildman–Crippen LogP) is -0.832. The van der Waals surface area contributed by atoms with Gasteiger partial charge in [-0.1, -0.05) is 0 Å². The molecule has 6 heteroatoms. The molecule has 0 aliphatic carbocycles. The molecule has 16 heavy (non-hydrogen) atoms. The Balaban J connectivity index is 2.16. The van der Waals surface area contributed by atoms with E-state index in [1.165, 1.54) is 4.68 Å². The van der Waals surface area contributed by atoms with Crippen LogP contribution < -0.4 is 5.69 Å². The highest BCUT2D eigenvalue weighted by Crippen LogP contribution is 2.11. The second-order valence-electron chi connectivity index (χ2n) is 5.00. The Morgan fingerprint density at radius 1 is 1.44 bits per heavy atom. The van der Waals surface area contributed by atoms with Crippen LogP contribution in [0.3, 0.4) is 0 Å². The Labute approximate surface area is 94.1 Å². The number of aliphatic hydroxyl groups is 1. The van der Waals surface area contributed by atoms with Crippen LogP contribution in [0.2, 0.25) is 0 Å². The van der Waals surface area contributed by atoms with E-state index >= 15 is 0 Å². The fraction of sp³-hybridized carbons (Fsp3) is 0.800. The highest BCUT2D eigenvalue weighted by atomic mass is 16.3. The number of nitrogens with zero attached hydrogens (tertiary/aromatic N) is 4. The molecule has 0 unspecified atom stereocenters. The SMILES string of the molecule is Cn1nc2n(c1=O)CCN(CC(C)(C)O)C2. The molecule has 1 aromatic rings. The summed E-state index contributed by atoms with van der Waals surface area (Å²) in [7, 11) is 1.66. The first-order valence-electron chi connectivity index (χ1n) is 5.44. The third-order valence-corrected chi connectivity index (χ3v) is 2.70. The second-order valence-corrected chi connectivity index (χ2v) is 5.00. The lowest BCUT2D eigenvalue weighted by Gasteiger charge is -2.31. The number of rotatable bonds is 2. The van der Waals surface area contributed by atoms with Crippen LogP contribution in [-0.4, -0.2) is 43.0 Å². The fourth-order valence-corrected chi connectivity index (χ4v) is 2.10. The molecule has 1 aliphatic rings. The van der Waals surface area contributed by atoms with E-state index in [4.69, 9.17) is 0 Å². The van der Waals surface area contributed by atoms with Gasteiger partial charge in [0.15, 0.2) is 0 Å². The maximum absolute atomic E-state index is 11.6. The van der Waals surface area contributed by atoms with Gasteiger partial charge in [0.05, 0.1) is 12.1 Å². The quantitative estimate of drug-likeness (QED) is 0.715. The van der Waals surface area contributed by atoms with Crippen molar-refractivity contribution in [2.45, 2.75) is 32.5 Å². The molecule has 0 fully saturated rings. The molecule has 0 spiro atoms. The molecule has 2 heterocycles. The van der Waals surface area contributed by atoms with Gasteiger partial charge in [0, 0.05) is 26.7 Å². The van der Waals surface area contributed by atoms with E-state index < -0.39 is 5.60 Å². The van der Waals surface area contributed by atoms with Gasteiger partial charge in [0.2, 0.25) is 0 Å². The van der Waals surface area contributed by atoms with Crippen molar-refractivity contribution in [3.63, 3.8) is 0 Å². The lowest BCUT2D eigenvalue weighted by molar-refractivity contribution is 0.0266. The zero-order valence-corrected chi connectivity index (χ0v) is 9.97. The van der Waals surface area contributed by atoms with Crippen LogP contribution in [0.4, 0.5) is 0 Å². The Kier molecular flexibility index (Phi) is 2.63. The fourth-order valence-electron chi connectivity index (χ4n) is 2.10. The Morgan fingerprint density at radius 3 is 2.75 bits per heavy atom. The number of aromatic nitrogens is 3. The monoisotopic (exact) mass is 226 g/mol. The number of fused-ring (bicyclic) bond motifs is 1. The topological polar surface area (TPSA) is 63.3 Å². The van der Waals surface area contributed by atoms with Crippen molar-refractivity contribution in [3.05, 3.63) is 16.3 Å². The van der Waals surface area contributed by atoms with Gasteiger partial charge in [-0.15, -0.1) is 0 Å². The van der Waals surface area contributed by atoms with Crippen LogP contribution in [0.25, 0.3) is 0 Å². The predicted molar refractivity (Wildman–Crippen MR) is 59.0 cm³/mol. The van der Waals surface area contributed by atoms with Crippen LogP contribution in [0.5, 0.6) is 0 Å². The van der Waals surface area contributed by atoms with Crippen molar-refractivity contribution < 1.29 is 5.11 Å². The van der Waals surface area contributed by atoms with Crippen LogP contribution in [0, 0.1) is 0 Å². The summed E-state index contributed by atoms with van der Waals surface area (Å²) in [5.74, 6) is 0.781. The average Bonchev–Trinajstić information content (AvgIpc) is 2.40. The van der Waals surface area contributed by atoms with Crippen LogP contribution in [0.15, 0.2) is 4.79 Å². The van der Waals surface area contributed by atoms with Gasteiger partial charge in [-0.3, -0.25) is 9.47 Å². The summed E-state index contributed by atoms with van der Waals surface area (Å²) in [6.07, 6.45) is 0. The summed E-state index contributed by atoms with van der Waals surface area (Å²) in [6.45, 7) is 6.22. The smallest absolute Gasteiger partial charge is 0.345 e. The molecular weight excluding hydrogens is 208 g/mol. The lowest BCUT2D eigenvalue weighted by Crippen LogP contribution is -2.44. The molecule has 0 bridgehead atoms. The molecule has 90 valence electrons. The van der Waals surface area contributed by atoms with E-state index in [1.54, 1.807) is 25.5 Å². The minimum atomic E-state index is -0.711. The minimum absolute atomic E-state index is 0.0575. The first kappa shape index (κ1) is 11.3. The Hall–Kier alpha value is -1.14. The molecule has 0 saturated carbocycles. The van der Waals surface area contributed by atoms with Crippen LogP contribution in [-0.2, 0) is 20.1 Å². The summed E-state index contributed by atoms with van der Waals surface area (Å²) >= 11 is 0. The maximum Gasteiger partial charge on any atom is 0.345 e. The average molecular weight is 226 g/mol. The molecule has 6 nitrogen and oxygen atoms in total. The minimum Gasteiger partial charge on any atom is -0.389 e. The molecule has 0 saturated heterocycles. The van der Waals surface area contributed by atoms with Crippen molar-refractivity contribution >= 4 is 0 Å². The zero-order valence-electron chi connectivity index (χ0n) is 9.97. The maximum atomic E-state index is 11.6. The molecule has 1 aliphatic heterocycles. The standard InChI is InChI=1S/C10H18N4O2/c1-10(2,16)7-13-4-5-14-8(6-13)11-12(3)9(14)15/h16H,4-7H2,1-3H3. The van der Waals surface area contributed by atoms with Crippen molar-refractivity contribution in [2.24, 2.45) is 7.05 Å². The summed E-state index contributed by atoms with van der Waals surface area (Å²) in [5.41, 5.74) is -0.769. The van der Waals surface area contributed by atoms with Crippen LogP contribution >= 0.6 is 0 Å². The van der Waals surface area contributed by atoms with Gasteiger partial charge < -0.3 is 5.11 Å². The number of β-amino-alcohol motifs (C(OH)–C–C–N with tert-alkyl or cyclic N) is 1. The lowest BCUT2D eigenvalue weighted by atomic mass is 10.1. The molecular formula is C10H18N4O2. The second kappa shape index (κ2) is 3.71. The van der Waals surface area contributed by atoms with Gasteiger partial charge in [0.1, 0.15) is 5.82 Å². The largest absolute Gasteiger partial charge is 0.389 e. The molecule has 1 N–H and O–H groups in total. The summed E-state index contributed by atoms with van der Waals surface area (Å²) < 4.78 is 3.06. The van der Waals surface area contributed by atoms with E-state index in [0.29, 0.717) is 19.6 Å². The summed E-state index contributed by atoms with van der Waals surface area (Å²) in [4.78, 5) is 13.7. The van der Waals surface area contributed by atoms with E-state index in [9.17, 15) is 9.90 Å². The highest BCUT2D eigenvalue weighted by Gasteiger charge is 2.24. The number of aryl methyl sites for hydroxylation is 1. The third kappa shape index (κ3) is 2.17. The van der Waals surface area contributed by atoms with Crippen LogP contribution in [0.1, 0.15) is 19.7 Å². The molecule has 0 atom stereocenters. The van der Waals surface area contributed by atoms with E-state index in [-0.39, 0.29) is 5.69 Å². The van der Waals surface area contributed by atoms with Gasteiger partial charge in [-0.2, -0.15) is 5.10 Å². The molecule has 0 aromatic carbocycles. The number of hydrogen-bond donors (Lipinski definition) is 1. The van der Waals surface area contributed by atoms with Crippen molar-refractivity contribution in [3.8, 4) is 0 Å². The highest BCUT2D eigenvalue weighted by molar-refractivity contribution is 4.92. The van der Waals surface area contributed by atoms with Crippen molar-refractivity contribution in [1.29, 1.82) is 0 Å². The van der Waals surface area contributed by atoms with E-state index in [1.807, 2.05) is 0 Å². The van der Waals surface area contributed by atoms with Gasteiger partial charge in [-0.05, 0) is 13.8 Å². The van der Waals surface area contributed by atoms with Gasteiger partial charge in [-0.25, -0.2) is 9.48 Å². The number of hydrogen-bond acceptors (Lipinski definition) is 4. The van der Waals surface area contributed by atoms with E-state index in [0.717, 1.165) is 12.4 Å². The molecule has 0 amide bonds. The molecule has 0 radical (unpaired) electrons. The zero-order chi connectivity index (χ0) is 11.9.